The number of pyridine rings is 1. The predicted molar refractivity (Wildman–Crippen MR) is 68.1 cm³/mol. The van der Waals surface area contributed by atoms with Crippen molar-refractivity contribution in [2.75, 3.05) is 13.6 Å². The number of nitrogens with two attached hydrogens (primary N) is 1. The highest BCUT2D eigenvalue weighted by atomic mass is 15.1. The van der Waals surface area contributed by atoms with Gasteiger partial charge in [0.25, 0.3) is 0 Å². The van der Waals surface area contributed by atoms with Crippen LogP contribution < -0.4 is 5.73 Å². The van der Waals surface area contributed by atoms with Gasteiger partial charge >= 0.3 is 0 Å². The molecule has 0 aliphatic carbocycles. The van der Waals surface area contributed by atoms with E-state index in [4.69, 9.17) is 5.73 Å². The van der Waals surface area contributed by atoms with Crippen molar-refractivity contribution in [3.8, 4) is 0 Å². The predicted octanol–water partition coefficient (Wildman–Crippen LogP) is 2.03. The van der Waals surface area contributed by atoms with Crippen molar-refractivity contribution in [3.63, 3.8) is 0 Å². The van der Waals surface area contributed by atoms with Gasteiger partial charge in [-0.15, -0.1) is 0 Å². The van der Waals surface area contributed by atoms with E-state index in [-0.39, 0.29) is 5.54 Å². The summed E-state index contributed by atoms with van der Waals surface area (Å²) in [6, 6.07) is 4.09. The third-order valence-corrected chi connectivity index (χ3v) is 2.54. The zero-order valence-corrected chi connectivity index (χ0v) is 10.6. The molecule has 0 amide bonds. The van der Waals surface area contributed by atoms with Crippen molar-refractivity contribution >= 4 is 0 Å². The van der Waals surface area contributed by atoms with Crippen LogP contribution in [0.3, 0.4) is 0 Å². The lowest BCUT2D eigenvalue weighted by molar-refractivity contribution is 0.303. The van der Waals surface area contributed by atoms with Crippen molar-refractivity contribution < 1.29 is 0 Å². The number of aromatic nitrogens is 1. The maximum Gasteiger partial charge on any atom is 0.0312 e. The Morgan fingerprint density at radius 2 is 2.19 bits per heavy atom. The van der Waals surface area contributed by atoms with Crippen LogP contribution in [0.15, 0.2) is 24.5 Å². The molecule has 0 aliphatic rings. The molecule has 0 bridgehead atoms. The van der Waals surface area contributed by atoms with Gasteiger partial charge in [0, 0.05) is 24.5 Å². The van der Waals surface area contributed by atoms with Crippen LogP contribution >= 0.6 is 0 Å². The van der Waals surface area contributed by atoms with Crippen molar-refractivity contribution in [2.24, 2.45) is 5.73 Å². The summed E-state index contributed by atoms with van der Waals surface area (Å²) in [6.07, 6.45) is 5.93. The average molecular weight is 221 g/mol. The molecule has 0 radical (unpaired) electrons. The quantitative estimate of drug-likeness (QED) is 0.799. The fraction of sp³-hybridized carbons (Fsp3) is 0.615. The minimum atomic E-state index is -0.0465. The smallest absolute Gasteiger partial charge is 0.0312 e. The van der Waals surface area contributed by atoms with E-state index in [1.807, 2.05) is 12.3 Å². The van der Waals surface area contributed by atoms with Gasteiger partial charge in [0.15, 0.2) is 0 Å². The van der Waals surface area contributed by atoms with Crippen LogP contribution in [0, 0.1) is 0 Å². The highest BCUT2D eigenvalue weighted by Gasteiger charge is 2.10. The molecule has 1 aromatic rings. The second kappa shape index (κ2) is 5.97. The molecule has 0 aromatic carbocycles. The Labute approximate surface area is 98.7 Å². The molecule has 16 heavy (non-hydrogen) atoms. The maximum absolute atomic E-state index is 5.95. The number of hydrogen-bond acceptors (Lipinski definition) is 3. The molecule has 0 atom stereocenters. The first-order valence-electron chi connectivity index (χ1n) is 5.84. The zero-order chi connectivity index (χ0) is 12.0. The van der Waals surface area contributed by atoms with Crippen LogP contribution in [0.25, 0.3) is 0 Å². The summed E-state index contributed by atoms with van der Waals surface area (Å²) < 4.78 is 0. The van der Waals surface area contributed by atoms with Gasteiger partial charge in [0.05, 0.1) is 0 Å². The Hall–Kier alpha value is -0.930. The topological polar surface area (TPSA) is 42.1 Å². The molecule has 0 aliphatic heterocycles. The van der Waals surface area contributed by atoms with E-state index in [1.165, 1.54) is 5.56 Å². The molecule has 3 heteroatoms. The lowest BCUT2D eigenvalue weighted by atomic mass is 10.00. The molecule has 0 saturated carbocycles. The summed E-state index contributed by atoms with van der Waals surface area (Å²) in [4.78, 5) is 6.42. The van der Waals surface area contributed by atoms with Gasteiger partial charge in [-0.1, -0.05) is 6.07 Å². The number of hydrogen-bond donors (Lipinski definition) is 1. The zero-order valence-electron chi connectivity index (χ0n) is 10.6. The van der Waals surface area contributed by atoms with Gasteiger partial charge in [0.1, 0.15) is 0 Å². The molecule has 0 spiro atoms. The molecule has 3 nitrogen and oxygen atoms in total. The van der Waals surface area contributed by atoms with E-state index < -0.39 is 0 Å². The molecule has 0 unspecified atom stereocenters. The van der Waals surface area contributed by atoms with Crippen molar-refractivity contribution in [1.29, 1.82) is 0 Å². The second-order valence-corrected chi connectivity index (χ2v) is 5.19. The average Bonchev–Trinajstić information content (AvgIpc) is 2.17. The molecular weight excluding hydrogens is 198 g/mol. The molecule has 90 valence electrons. The molecular formula is C13H23N3. The Kier molecular flexibility index (Phi) is 4.90. The normalized spacial score (nSPS) is 12.1. The first-order chi connectivity index (χ1) is 7.47. The third kappa shape index (κ3) is 5.83. The lowest BCUT2D eigenvalue weighted by Gasteiger charge is -2.21. The van der Waals surface area contributed by atoms with Crippen LogP contribution in [0.1, 0.15) is 32.3 Å². The van der Waals surface area contributed by atoms with E-state index >= 15 is 0 Å². The van der Waals surface area contributed by atoms with E-state index in [2.05, 4.69) is 36.8 Å². The van der Waals surface area contributed by atoms with Crippen LogP contribution in [-0.4, -0.2) is 29.0 Å². The number of nitrogens with zero attached hydrogens (tertiary/aromatic N) is 2. The summed E-state index contributed by atoms with van der Waals surface area (Å²) in [5.74, 6) is 0. The Morgan fingerprint density at radius 3 is 2.75 bits per heavy atom. The summed E-state index contributed by atoms with van der Waals surface area (Å²) >= 11 is 0. The Morgan fingerprint density at radius 1 is 1.44 bits per heavy atom. The molecule has 1 aromatic heterocycles. The summed E-state index contributed by atoms with van der Waals surface area (Å²) in [5, 5.41) is 0. The maximum atomic E-state index is 5.95. The van der Waals surface area contributed by atoms with E-state index in [0.717, 1.165) is 25.9 Å². The van der Waals surface area contributed by atoms with Gasteiger partial charge < -0.3 is 10.6 Å². The third-order valence-electron chi connectivity index (χ3n) is 2.54. The van der Waals surface area contributed by atoms with Crippen LogP contribution in [-0.2, 0) is 6.54 Å². The molecule has 0 saturated heterocycles. The first kappa shape index (κ1) is 13.1. The highest BCUT2D eigenvalue weighted by Crippen LogP contribution is 2.08. The van der Waals surface area contributed by atoms with Crippen molar-refractivity contribution in [1.82, 2.24) is 9.88 Å². The molecule has 1 rings (SSSR count). The first-order valence-corrected chi connectivity index (χ1v) is 5.84. The summed E-state index contributed by atoms with van der Waals surface area (Å²) in [7, 11) is 2.14. The molecule has 2 N–H and O–H groups in total. The lowest BCUT2D eigenvalue weighted by Crippen LogP contribution is -2.33. The van der Waals surface area contributed by atoms with Crippen LogP contribution in [0.4, 0.5) is 0 Å². The minimum absolute atomic E-state index is 0.0465. The standard InChI is InChI=1S/C13H23N3/c1-13(2,14)7-5-9-16(3)11-12-6-4-8-15-10-12/h4,6,8,10H,5,7,9,11,14H2,1-3H3. The minimum Gasteiger partial charge on any atom is -0.326 e. The van der Waals surface area contributed by atoms with Crippen molar-refractivity contribution in [3.05, 3.63) is 30.1 Å². The monoisotopic (exact) mass is 221 g/mol. The van der Waals surface area contributed by atoms with Crippen LogP contribution in [0.2, 0.25) is 0 Å². The van der Waals surface area contributed by atoms with E-state index in [9.17, 15) is 0 Å². The van der Waals surface area contributed by atoms with Gasteiger partial charge in [-0.2, -0.15) is 0 Å². The summed E-state index contributed by atoms with van der Waals surface area (Å²) in [5.41, 5.74) is 7.16. The Balaban J connectivity index is 2.24. The molecule has 1 heterocycles. The van der Waals surface area contributed by atoms with E-state index in [1.54, 1.807) is 6.20 Å². The number of rotatable bonds is 6. The highest BCUT2D eigenvalue weighted by molar-refractivity contribution is 5.07. The van der Waals surface area contributed by atoms with E-state index in [0.29, 0.717) is 0 Å². The van der Waals surface area contributed by atoms with Crippen molar-refractivity contribution in [2.45, 2.75) is 38.8 Å². The SMILES string of the molecule is CN(CCCC(C)(C)N)Cc1cccnc1. The van der Waals surface area contributed by atoms with Gasteiger partial charge in [-0.3, -0.25) is 4.98 Å². The fourth-order valence-electron chi connectivity index (χ4n) is 1.69. The largest absolute Gasteiger partial charge is 0.326 e. The van der Waals surface area contributed by atoms with Gasteiger partial charge in [-0.25, -0.2) is 0 Å². The Bertz CT molecular complexity index is 290. The summed E-state index contributed by atoms with van der Waals surface area (Å²) in [6.45, 7) is 6.19. The van der Waals surface area contributed by atoms with Gasteiger partial charge in [-0.05, 0) is 51.9 Å². The van der Waals surface area contributed by atoms with Gasteiger partial charge in [0.2, 0.25) is 0 Å². The fourth-order valence-corrected chi connectivity index (χ4v) is 1.69. The molecule has 0 fully saturated rings. The van der Waals surface area contributed by atoms with Crippen LogP contribution in [0.5, 0.6) is 0 Å². The second-order valence-electron chi connectivity index (χ2n) is 5.19.